The van der Waals surface area contributed by atoms with Crippen LogP contribution in [0.15, 0.2) is 47.4 Å². The zero-order chi connectivity index (χ0) is 29.4. The van der Waals surface area contributed by atoms with Crippen molar-refractivity contribution in [3.63, 3.8) is 0 Å². The van der Waals surface area contributed by atoms with Crippen LogP contribution in [0.1, 0.15) is 24.0 Å². The number of piperidine rings is 1. The van der Waals surface area contributed by atoms with Crippen molar-refractivity contribution in [1.82, 2.24) is 15.1 Å². The van der Waals surface area contributed by atoms with Crippen LogP contribution >= 0.6 is 35.0 Å². The number of halogens is 2. The van der Waals surface area contributed by atoms with E-state index in [1.54, 1.807) is 55.4 Å². The molecule has 0 bridgehead atoms. The van der Waals surface area contributed by atoms with Crippen LogP contribution < -0.4 is 10.1 Å². The Hall–Kier alpha value is -3.21. The molecule has 2 N–H and O–H groups in total. The predicted molar refractivity (Wildman–Crippen MR) is 156 cm³/mol. The molecule has 2 aromatic rings. The van der Waals surface area contributed by atoms with E-state index in [0.717, 1.165) is 4.90 Å². The summed E-state index contributed by atoms with van der Waals surface area (Å²) in [4.78, 5) is 52.9. The molecular weight excluding hydrogens is 577 g/mol. The van der Waals surface area contributed by atoms with Gasteiger partial charge in [0.1, 0.15) is 11.8 Å². The van der Waals surface area contributed by atoms with Crippen LogP contribution in [0.2, 0.25) is 10.0 Å². The number of carbonyl (C=O) groups is 4. The van der Waals surface area contributed by atoms with Gasteiger partial charge in [-0.1, -0.05) is 41.4 Å². The van der Waals surface area contributed by atoms with Crippen LogP contribution in [-0.4, -0.2) is 78.3 Å². The second-order valence-corrected chi connectivity index (χ2v) is 11.0. The zero-order valence-corrected chi connectivity index (χ0v) is 24.7. The largest absolute Gasteiger partial charge is 0.480 e. The van der Waals surface area contributed by atoms with Crippen molar-refractivity contribution < 1.29 is 29.0 Å². The van der Waals surface area contributed by atoms with Crippen LogP contribution in [-0.2, 0) is 20.8 Å². The monoisotopic (exact) mass is 607 g/mol. The van der Waals surface area contributed by atoms with Gasteiger partial charge >= 0.3 is 12.1 Å². The fourth-order valence-electron chi connectivity index (χ4n) is 4.07. The van der Waals surface area contributed by atoms with Gasteiger partial charge in [-0.05, 0) is 54.5 Å². The molecule has 0 spiro atoms. The summed E-state index contributed by atoms with van der Waals surface area (Å²) < 4.78 is 5.17. The second kappa shape index (κ2) is 14.4. The van der Waals surface area contributed by atoms with Crippen molar-refractivity contribution in [3.8, 4) is 5.75 Å². The fraction of sp³-hybridized carbons (Fsp3) is 0.357. The number of nitrogens with zero attached hydrogens (tertiary/aromatic N) is 2. The van der Waals surface area contributed by atoms with E-state index in [0.29, 0.717) is 52.9 Å². The highest BCUT2D eigenvalue weighted by atomic mass is 35.5. The lowest BCUT2D eigenvalue weighted by Crippen LogP contribution is -2.48. The first-order valence-corrected chi connectivity index (χ1v) is 14.5. The Bertz CT molecular complexity index is 1280. The van der Waals surface area contributed by atoms with Crippen molar-refractivity contribution in [2.75, 3.05) is 33.4 Å². The minimum Gasteiger partial charge on any atom is -0.480 e. The van der Waals surface area contributed by atoms with E-state index in [1.807, 2.05) is 12.3 Å². The Balaban J connectivity index is 1.52. The molecule has 1 atom stereocenters. The standard InChI is InChI=1S/C28H31Cl2N3O6S/c1-32(2)28(38)39-20-8-4-17(5-9-20)16-21(27(36)37)31-26(35)19-12-14-33(15-13-19)23(34)11-7-18-6-10-22(40-3)25(30)24(18)29/h4-11,19,21H,12-16H2,1-3H3,(H,31,35)(H,36,37)/b11-7+/t21-/m0/s1. The number of rotatable bonds is 9. The van der Waals surface area contributed by atoms with Crippen LogP contribution in [0.25, 0.3) is 6.08 Å². The number of benzene rings is 2. The molecule has 9 nitrogen and oxygen atoms in total. The fourth-order valence-corrected chi connectivity index (χ4v) is 5.25. The molecule has 0 radical (unpaired) electrons. The molecule has 3 rings (SSSR count). The lowest BCUT2D eigenvalue weighted by molar-refractivity contribution is -0.142. The summed E-state index contributed by atoms with van der Waals surface area (Å²) in [6.45, 7) is 0.734. The van der Waals surface area contributed by atoms with Gasteiger partial charge in [0.15, 0.2) is 0 Å². The average molecular weight is 609 g/mol. The number of nitrogens with one attached hydrogen (secondary N) is 1. The summed E-state index contributed by atoms with van der Waals surface area (Å²) in [6, 6.07) is 8.95. The number of hydrogen-bond donors (Lipinski definition) is 2. The molecule has 40 heavy (non-hydrogen) atoms. The molecule has 0 saturated carbocycles. The molecule has 0 aliphatic carbocycles. The Morgan fingerprint density at radius 1 is 1.10 bits per heavy atom. The van der Waals surface area contributed by atoms with Gasteiger partial charge in [-0.15, -0.1) is 11.8 Å². The Kier molecular flexibility index (Phi) is 11.3. The summed E-state index contributed by atoms with van der Waals surface area (Å²) in [5.41, 5.74) is 1.30. The van der Waals surface area contributed by atoms with Crippen molar-refractivity contribution in [2.45, 2.75) is 30.2 Å². The smallest absolute Gasteiger partial charge is 0.414 e. The van der Waals surface area contributed by atoms with Crippen LogP contribution in [0.5, 0.6) is 5.75 Å². The molecule has 1 aliphatic heterocycles. The van der Waals surface area contributed by atoms with E-state index in [9.17, 15) is 24.3 Å². The van der Waals surface area contributed by atoms with Crippen molar-refractivity contribution >= 4 is 64.9 Å². The maximum absolute atomic E-state index is 12.9. The number of aliphatic carboxylic acids is 1. The SMILES string of the molecule is CSc1ccc(/C=C/C(=O)N2CCC(C(=O)N[C@@H](Cc3ccc(OC(=O)N(C)C)cc3)C(=O)O)CC2)c(Cl)c1Cl. The molecule has 214 valence electrons. The van der Waals surface area contributed by atoms with Crippen molar-refractivity contribution in [2.24, 2.45) is 5.92 Å². The van der Waals surface area contributed by atoms with Gasteiger partial charge in [-0.2, -0.15) is 0 Å². The van der Waals surface area contributed by atoms with Crippen molar-refractivity contribution in [3.05, 3.63) is 63.6 Å². The van der Waals surface area contributed by atoms with Gasteiger partial charge < -0.3 is 25.0 Å². The maximum Gasteiger partial charge on any atom is 0.414 e. The number of amides is 3. The molecule has 0 unspecified atom stereocenters. The van der Waals surface area contributed by atoms with E-state index in [1.165, 1.54) is 22.7 Å². The summed E-state index contributed by atoms with van der Waals surface area (Å²) in [7, 11) is 3.13. The lowest BCUT2D eigenvalue weighted by atomic mass is 9.95. The third-order valence-electron chi connectivity index (χ3n) is 6.43. The molecule has 3 amide bonds. The number of hydrogen-bond acceptors (Lipinski definition) is 6. The number of thioether (sulfide) groups is 1. The molecular formula is C28H31Cl2N3O6S. The van der Waals surface area contributed by atoms with Crippen LogP contribution in [0.4, 0.5) is 4.79 Å². The highest BCUT2D eigenvalue weighted by molar-refractivity contribution is 7.98. The van der Waals surface area contributed by atoms with Gasteiger partial charge in [0.05, 0.1) is 10.0 Å². The Morgan fingerprint density at radius 3 is 2.33 bits per heavy atom. The van der Waals surface area contributed by atoms with Crippen LogP contribution in [0.3, 0.4) is 0 Å². The zero-order valence-electron chi connectivity index (χ0n) is 22.4. The third-order valence-corrected chi connectivity index (χ3v) is 8.22. The first-order valence-electron chi connectivity index (χ1n) is 12.5. The lowest BCUT2D eigenvalue weighted by Gasteiger charge is -2.31. The van der Waals surface area contributed by atoms with Gasteiger partial charge in [0.2, 0.25) is 11.8 Å². The first-order chi connectivity index (χ1) is 19.0. The van der Waals surface area contributed by atoms with E-state index >= 15 is 0 Å². The summed E-state index contributed by atoms with van der Waals surface area (Å²) >= 11 is 14.1. The van der Waals surface area contributed by atoms with E-state index in [2.05, 4.69) is 5.32 Å². The highest BCUT2D eigenvalue weighted by Crippen LogP contribution is 2.35. The first kappa shape index (κ1) is 31.3. The summed E-state index contributed by atoms with van der Waals surface area (Å²) in [5.74, 6) is -1.80. The highest BCUT2D eigenvalue weighted by Gasteiger charge is 2.30. The molecule has 0 aromatic heterocycles. The van der Waals surface area contributed by atoms with Gasteiger partial charge in [0.25, 0.3) is 0 Å². The van der Waals surface area contributed by atoms with Crippen molar-refractivity contribution in [1.29, 1.82) is 0 Å². The van der Waals surface area contributed by atoms with E-state index < -0.39 is 24.0 Å². The maximum atomic E-state index is 12.9. The molecule has 1 saturated heterocycles. The van der Waals surface area contributed by atoms with E-state index in [-0.39, 0.29) is 18.2 Å². The molecule has 1 fully saturated rings. The number of carboxylic acids is 1. The minimum absolute atomic E-state index is 0.0651. The Morgan fingerprint density at radius 2 is 1.75 bits per heavy atom. The number of carboxylic acid groups (broad SMARTS) is 1. The van der Waals surface area contributed by atoms with Gasteiger partial charge in [0, 0.05) is 50.5 Å². The quantitative estimate of drug-likeness (QED) is 0.309. The Labute approximate surface area is 247 Å². The number of likely N-dealkylation sites (tertiary alicyclic amines) is 1. The van der Waals surface area contributed by atoms with E-state index in [4.69, 9.17) is 27.9 Å². The normalized spacial score (nSPS) is 14.6. The molecule has 2 aromatic carbocycles. The number of ether oxygens (including phenoxy) is 1. The predicted octanol–water partition coefficient (Wildman–Crippen LogP) is 4.84. The average Bonchev–Trinajstić information content (AvgIpc) is 2.94. The van der Waals surface area contributed by atoms with Crippen LogP contribution in [0, 0.1) is 5.92 Å². The summed E-state index contributed by atoms with van der Waals surface area (Å²) in [6.07, 6.45) is 5.32. The summed E-state index contributed by atoms with van der Waals surface area (Å²) in [5, 5.41) is 13.1. The van der Waals surface area contributed by atoms with Gasteiger partial charge in [-0.25, -0.2) is 9.59 Å². The topological polar surface area (TPSA) is 116 Å². The molecule has 12 heteroatoms. The third kappa shape index (κ3) is 8.39. The van der Waals surface area contributed by atoms with Gasteiger partial charge in [-0.3, -0.25) is 9.59 Å². The molecule has 1 aliphatic rings. The second-order valence-electron chi connectivity index (χ2n) is 9.43. The number of carbonyl (C=O) groups excluding carboxylic acids is 3. The minimum atomic E-state index is -1.15. The molecule has 1 heterocycles.